The highest BCUT2D eigenvalue weighted by Gasteiger charge is 2.12. The lowest BCUT2D eigenvalue weighted by Crippen LogP contribution is -2.20. The number of anilines is 1. The summed E-state index contributed by atoms with van der Waals surface area (Å²) in [7, 11) is 1.55. The van der Waals surface area contributed by atoms with Gasteiger partial charge >= 0.3 is 0 Å². The Labute approximate surface area is 129 Å². The van der Waals surface area contributed by atoms with Crippen LogP contribution in [-0.4, -0.2) is 34.9 Å². The molecule has 0 aliphatic carbocycles. The summed E-state index contributed by atoms with van der Waals surface area (Å²) in [6.07, 6.45) is 1.47. The summed E-state index contributed by atoms with van der Waals surface area (Å²) in [5, 5.41) is 22.8. The number of aromatic nitrogens is 2. The predicted octanol–water partition coefficient (Wildman–Crippen LogP) is 1.76. The topological polar surface area (TPSA) is 87.1 Å². The summed E-state index contributed by atoms with van der Waals surface area (Å²) >= 11 is 0. The third-order valence-electron chi connectivity index (χ3n) is 3.30. The van der Waals surface area contributed by atoms with Crippen LogP contribution in [0.4, 0.5) is 5.82 Å². The fourth-order valence-electron chi connectivity index (χ4n) is 2.14. The Hall–Kier alpha value is -2.47. The van der Waals surface area contributed by atoms with Gasteiger partial charge in [0.15, 0.2) is 5.69 Å². The number of aliphatic hydroxyl groups excluding tert-OH is 1. The van der Waals surface area contributed by atoms with Crippen molar-refractivity contribution in [3.8, 4) is 0 Å². The van der Waals surface area contributed by atoms with Crippen LogP contribution in [-0.2, 0) is 0 Å². The summed E-state index contributed by atoms with van der Waals surface area (Å²) in [5.74, 6) is 0.332. The average molecular weight is 300 g/mol. The highest BCUT2D eigenvalue weighted by Crippen LogP contribution is 2.22. The maximum Gasteiger partial charge on any atom is 0.271 e. The third kappa shape index (κ3) is 4.26. The lowest BCUT2D eigenvalue weighted by atomic mass is 10.0. The van der Waals surface area contributed by atoms with Gasteiger partial charge in [0.25, 0.3) is 5.91 Å². The van der Waals surface area contributed by atoms with Gasteiger partial charge in [-0.25, -0.2) is 0 Å². The van der Waals surface area contributed by atoms with Crippen molar-refractivity contribution >= 4 is 11.7 Å². The van der Waals surface area contributed by atoms with Gasteiger partial charge in [-0.2, -0.15) is 0 Å². The van der Waals surface area contributed by atoms with Crippen LogP contribution in [0.2, 0.25) is 0 Å². The number of aliphatic hydroxyl groups is 1. The second-order valence-electron chi connectivity index (χ2n) is 4.86. The average Bonchev–Trinajstić information content (AvgIpc) is 2.59. The minimum absolute atomic E-state index is 0.0356. The summed E-state index contributed by atoms with van der Waals surface area (Å²) in [5.41, 5.74) is 1.40. The standard InChI is InChI=1S/C16H20N4O2/c1-17-16(22)14-9-10-15(20-19-14)18-13(8-5-11-21)12-6-3-2-4-7-12/h2-4,6-7,9-10,13,21H,5,8,11H2,1H3,(H,17,22)(H,18,20). The van der Waals surface area contributed by atoms with Gasteiger partial charge < -0.3 is 15.7 Å². The van der Waals surface area contributed by atoms with Gasteiger partial charge in [-0.1, -0.05) is 30.3 Å². The molecule has 0 fully saturated rings. The van der Waals surface area contributed by atoms with Crippen molar-refractivity contribution in [1.29, 1.82) is 0 Å². The zero-order chi connectivity index (χ0) is 15.8. The minimum atomic E-state index is -0.265. The number of rotatable bonds is 7. The molecule has 0 bridgehead atoms. The Morgan fingerprint density at radius 1 is 1.18 bits per heavy atom. The second kappa shape index (κ2) is 8.09. The molecule has 3 N–H and O–H groups in total. The maximum atomic E-state index is 11.4. The van der Waals surface area contributed by atoms with Crippen LogP contribution in [0.1, 0.15) is 34.9 Å². The molecule has 1 atom stereocenters. The van der Waals surface area contributed by atoms with E-state index < -0.39 is 0 Å². The molecule has 116 valence electrons. The van der Waals surface area contributed by atoms with E-state index in [0.29, 0.717) is 12.2 Å². The summed E-state index contributed by atoms with van der Waals surface area (Å²) in [4.78, 5) is 11.4. The molecule has 0 aliphatic heterocycles. The molecule has 0 saturated heterocycles. The number of nitrogens with one attached hydrogen (secondary N) is 2. The fourth-order valence-corrected chi connectivity index (χ4v) is 2.14. The SMILES string of the molecule is CNC(=O)c1ccc(NC(CCCO)c2ccccc2)nn1. The molecular formula is C16H20N4O2. The quantitative estimate of drug-likeness (QED) is 0.725. The molecule has 0 spiro atoms. The molecule has 0 aliphatic rings. The van der Waals surface area contributed by atoms with Gasteiger partial charge in [-0.15, -0.1) is 10.2 Å². The van der Waals surface area contributed by atoms with Crippen LogP contribution in [0.15, 0.2) is 42.5 Å². The van der Waals surface area contributed by atoms with E-state index in [1.54, 1.807) is 19.2 Å². The van der Waals surface area contributed by atoms with E-state index >= 15 is 0 Å². The number of amides is 1. The summed E-state index contributed by atoms with van der Waals surface area (Å²) in [6, 6.07) is 13.4. The molecular weight excluding hydrogens is 280 g/mol. The van der Waals surface area contributed by atoms with Crippen LogP contribution in [0.5, 0.6) is 0 Å². The second-order valence-corrected chi connectivity index (χ2v) is 4.86. The maximum absolute atomic E-state index is 11.4. The normalized spacial score (nSPS) is 11.7. The van der Waals surface area contributed by atoms with E-state index in [1.807, 2.05) is 30.3 Å². The smallest absolute Gasteiger partial charge is 0.271 e. The zero-order valence-electron chi connectivity index (χ0n) is 12.5. The first-order valence-corrected chi connectivity index (χ1v) is 7.22. The van der Waals surface area contributed by atoms with Crippen molar-refractivity contribution in [2.45, 2.75) is 18.9 Å². The van der Waals surface area contributed by atoms with Gasteiger partial charge in [0.05, 0.1) is 6.04 Å². The number of carbonyl (C=O) groups excluding carboxylic acids is 1. The van der Waals surface area contributed by atoms with Crippen LogP contribution < -0.4 is 10.6 Å². The van der Waals surface area contributed by atoms with E-state index in [2.05, 4.69) is 20.8 Å². The van der Waals surface area contributed by atoms with Crippen LogP contribution in [0.3, 0.4) is 0 Å². The Morgan fingerprint density at radius 3 is 2.55 bits per heavy atom. The van der Waals surface area contributed by atoms with Crippen LogP contribution >= 0.6 is 0 Å². The third-order valence-corrected chi connectivity index (χ3v) is 3.30. The molecule has 1 heterocycles. The largest absolute Gasteiger partial charge is 0.396 e. The molecule has 1 amide bonds. The number of benzene rings is 1. The predicted molar refractivity (Wildman–Crippen MR) is 84.5 cm³/mol. The molecule has 1 aromatic carbocycles. The molecule has 6 heteroatoms. The fraction of sp³-hybridized carbons (Fsp3) is 0.312. The van der Waals surface area contributed by atoms with Crippen molar-refractivity contribution in [2.75, 3.05) is 19.0 Å². The first-order valence-electron chi connectivity index (χ1n) is 7.22. The van der Waals surface area contributed by atoms with E-state index in [-0.39, 0.29) is 24.2 Å². The van der Waals surface area contributed by atoms with E-state index in [9.17, 15) is 4.79 Å². The lowest BCUT2D eigenvalue weighted by molar-refractivity contribution is 0.0957. The van der Waals surface area contributed by atoms with E-state index in [0.717, 1.165) is 12.0 Å². The number of hydrogen-bond donors (Lipinski definition) is 3. The van der Waals surface area contributed by atoms with Crippen molar-refractivity contribution in [1.82, 2.24) is 15.5 Å². The first-order chi connectivity index (χ1) is 10.7. The number of hydrogen-bond acceptors (Lipinski definition) is 5. The van der Waals surface area contributed by atoms with Gasteiger partial charge in [0, 0.05) is 13.7 Å². The molecule has 2 aromatic rings. The van der Waals surface area contributed by atoms with Crippen LogP contribution in [0.25, 0.3) is 0 Å². The minimum Gasteiger partial charge on any atom is -0.396 e. The van der Waals surface area contributed by atoms with E-state index in [1.165, 1.54) is 0 Å². The molecule has 6 nitrogen and oxygen atoms in total. The van der Waals surface area contributed by atoms with Gasteiger partial charge in [0.2, 0.25) is 0 Å². The zero-order valence-corrected chi connectivity index (χ0v) is 12.5. The molecule has 2 rings (SSSR count). The van der Waals surface area contributed by atoms with Crippen molar-refractivity contribution in [3.05, 3.63) is 53.7 Å². The number of nitrogens with zero attached hydrogens (tertiary/aromatic N) is 2. The number of carbonyl (C=O) groups is 1. The van der Waals surface area contributed by atoms with Crippen molar-refractivity contribution in [3.63, 3.8) is 0 Å². The summed E-state index contributed by atoms with van der Waals surface area (Å²) < 4.78 is 0. The highest BCUT2D eigenvalue weighted by atomic mass is 16.2. The Morgan fingerprint density at radius 2 is 1.95 bits per heavy atom. The van der Waals surface area contributed by atoms with Crippen molar-refractivity contribution < 1.29 is 9.90 Å². The van der Waals surface area contributed by atoms with Gasteiger partial charge in [0.1, 0.15) is 5.82 Å². The highest BCUT2D eigenvalue weighted by molar-refractivity contribution is 5.91. The molecule has 0 saturated carbocycles. The summed E-state index contributed by atoms with van der Waals surface area (Å²) in [6.45, 7) is 0.145. The lowest BCUT2D eigenvalue weighted by Gasteiger charge is -2.19. The van der Waals surface area contributed by atoms with Crippen molar-refractivity contribution in [2.24, 2.45) is 0 Å². The molecule has 22 heavy (non-hydrogen) atoms. The Bertz CT molecular complexity index is 587. The van der Waals surface area contributed by atoms with Gasteiger partial charge in [-0.3, -0.25) is 4.79 Å². The first kappa shape index (κ1) is 15.9. The van der Waals surface area contributed by atoms with Crippen LogP contribution in [0, 0.1) is 0 Å². The molecule has 1 aromatic heterocycles. The Kier molecular flexibility index (Phi) is 5.85. The van der Waals surface area contributed by atoms with Gasteiger partial charge in [-0.05, 0) is 30.5 Å². The van der Waals surface area contributed by atoms with E-state index in [4.69, 9.17) is 5.11 Å². The molecule has 1 unspecified atom stereocenters. The Balaban J connectivity index is 2.11. The monoisotopic (exact) mass is 300 g/mol. The molecule has 0 radical (unpaired) electrons.